The number of aliphatic hydroxyl groups is 2. The average Bonchev–Trinajstić information content (AvgIpc) is 3.25. The number of morpholine rings is 1. The highest BCUT2D eigenvalue weighted by atomic mass is 32.1. The van der Waals surface area contributed by atoms with Crippen molar-refractivity contribution in [2.45, 2.75) is 51.6 Å². The number of hydrogen-bond donors (Lipinski definition) is 4. The van der Waals surface area contributed by atoms with Gasteiger partial charge in [-0.05, 0) is 30.6 Å². The van der Waals surface area contributed by atoms with Crippen molar-refractivity contribution in [3.8, 4) is 0 Å². The van der Waals surface area contributed by atoms with E-state index in [4.69, 9.17) is 14.5 Å². The summed E-state index contributed by atoms with van der Waals surface area (Å²) in [7, 11) is 1.47. The summed E-state index contributed by atoms with van der Waals surface area (Å²) in [5.74, 6) is -0.520. The van der Waals surface area contributed by atoms with Crippen LogP contribution in [0.2, 0.25) is 0 Å². The number of aliphatic hydroxyl groups excluding tert-OH is 2. The topological polar surface area (TPSA) is 133 Å². The molecule has 2 fully saturated rings. The number of methoxy groups -OCH3 is 1. The third kappa shape index (κ3) is 5.46. The van der Waals surface area contributed by atoms with E-state index in [1.165, 1.54) is 18.4 Å². The maximum atomic E-state index is 13.2. The molecule has 4 rings (SSSR count). The minimum Gasteiger partial charge on any atom is -0.396 e. The number of fused-ring (bicyclic) bond motifs is 2. The molecule has 5 atom stereocenters. The van der Waals surface area contributed by atoms with Gasteiger partial charge in [0.25, 0.3) is 5.91 Å². The van der Waals surface area contributed by atoms with Crippen LogP contribution in [0.4, 0.5) is 5.13 Å². The Balaban J connectivity index is 1.56. The summed E-state index contributed by atoms with van der Waals surface area (Å²) in [6.45, 7) is 8.49. The van der Waals surface area contributed by atoms with E-state index in [2.05, 4.69) is 22.5 Å². The van der Waals surface area contributed by atoms with Crippen molar-refractivity contribution >= 4 is 28.3 Å². The molecule has 3 aliphatic rings. The van der Waals surface area contributed by atoms with Crippen LogP contribution in [0, 0.1) is 16.7 Å². The van der Waals surface area contributed by atoms with Gasteiger partial charge >= 0.3 is 0 Å². The zero-order valence-electron chi connectivity index (χ0n) is 21.5. The Bertz CT molecular complexity index is 938. The fourth-order valence-corrected chi connectivity index (χ4v) is 7.51. The van der Waals surface area contributed by atoms with Crippen molar-refractivity contribution in [2.75, 3.05) is 65.0 Å². The fourth-order valence-electron chi connectivity index (χ4n) is 6.42. The smallest absolute Gasteiger partial charge is 0.252 e. The van der Waals surface area contributed by atoms with E-state index in [9.17, 15) is 19.8 Å². The van der Waals surface area contributed by atoms with Crippen molar-refractivity contribution in [1.82, 2.24) is 15.2 Å². The Labute approximate surface area is 216 Å². The predicted octanol–water partition coefficient (Wildman–Crippen LogP) is 0.982. The fraction of sp³-hybridized carbons (Fsp3) is 0.800. The summed E-state index contributed by atoms with van der Waals surface area (Å²) < 4.78 is 10.3. The molecule has 1 saturated heterocycles. The van der Waals surface area contributed by atoms with E-state index >= 15 is 0 Å². The van der Waals surface area contributed by atoms with Gasteiger partial charge in [-0.25, -0.2) is 4.98 Å². The summed E-state index contributed by atoms with van der Waals surface area (Å²) in [6.07, 6.45) is 1.61. The molecule has 0 aromatic carbocycles. The number of anilines is 1. The highest BCUT2D eigenvalue weighted by molar-refractivity contribution is 7.15. The van der Waals surface area contributed by atoms with Crippen LogP contribution in [0.3, 0.4) is 0 Å². The SMILES string of the molecule is COCC(=O)Nc1nc2c(s1)C[C@@H]1[C@](C)(CO)[C@H](O)CC[C@@]1(C)[C@@H]2CC(=O)NCCN1CCOCC1. The zero-order valence-corrected chi connectivity index (χ0v) is 22.4. The predicted molar refractivity (Wildman–Crippen MR) is 136 cm³/mol. The third-order valence-electron chi connectivity index (χ3n) is 8.66. The molecule has 1 saturated carbocycles. The first kappa shape index (κ1) is 27.4. The number of ether oxygens (including phenoxy) is 2. The van der Waals surface area contributed by atoms with Gasteiger partial charge in [0.2, 0.25) is 5.91 Å². The number of amides is 2. The van der Waals surface area contributed by atoms with E-state index in [-0.39, 0.29) is 48.7 Å². The highest BCUT2D eigenvalue weighted by Crippen LogP contribution is 2.62. The second-order valence-corrected chi connectivity index (χ2v) is 11.9. The van der Waals surface area contributed by atoms with Crippen molar-refractivity contribution in [3.05, 3.63) is 10.6 Å². The van der Waals surface area contributed by atoms with E-state index < -0.39 is 11.5 Å². The Morgan fingerprint density at radius 3 is 2.72 bits per heavy atom. The van der Waals surface area contributed by atoms with Gasteiger partial charge in [-0.2, -0.15) is 0 Å². The molecular formula is C25H40N4O6S. The van der Waals surface area contributed by atoms with E-state index in [1.807, 2.05) is 6.92 Å². The molecule has 1 aliphatic heterocycles. The van der Waals surface area contributed by atoms with Crippen molar-refractivity contribution in [2.24, 2.45) is 16.7 Å². The molecule has 11 heteroatoms. The summed E-state index contributed by atoms with van der Waals surface area (Å²) in [5, 5.41) is 27.7. The number of carbonyl (C=O) groups is 2. The van der Waals surface area contributed by atoms with Gasteiger partial charge in [0.1, 0.15) is 6.61 Å². The second-order valence-electron chi connectivity index (χ2n) is 10.9. The Hall–Kier alpha value is -1.63. The lowest BCUT2D eigenvalue weighted by atomic mass is 9.47. The molecule has 1 aromatic rings. The second kappa shape index (κ2) is 11.4. The summed E-state index contributed by atoms with van der Waals surface area (Å²) >= 11 is 1.41. The number of nitrogens with zero attached hydrogens (tertiary/aromatic N) is 2. The van der Waals surface area contributed by atoms with Gasteiger partial charge in [-0.3, -0.25) is 19.8 Å². The summed E-state index contributed by atoms with van der Waals surface area (Å²) in [5.41, 5.74) is -0.154. The lowest BCUT2D eigenvalue weighted by Gasteiger charge is -2.58. The number of thiazole rings is 1. The van der Waals surface area contributed by atoms with Gasteiger partial charge in [0.15, 0.2) is 5.13 Å². The molecule has 0 unspecified atom stereocenters. The summed E-state index contributed by atoms with van der Waals surface area (Å²) in [4.78, 5) is 33.4. The van der Waals surface area contributed by atoms with Crippen LogP contribution in [-0.4, -0.2) is 97.7 Å². The van der Waals surface area contributed by atoms with Crippen LogP contribution in [0.25, 0.3) is 0 Å². The van der Waals surface area contributed by atoms with Crippen LogP contribution in [-0.2, 0) is 25.5 Å². The van der Waals surface area contributed by atoms with Gasteiger partial charge < -0.3 is 25.0 Å². The lowest BCUT2D eigenvalue weighted by molar-refractivity contribution is -0.144. The number of carbonyl (C=O) groups excluding carboxylic acids is 2. The molecule has 2 heterocycles. The standard InChI is InChI=1S/C25H40N4O6S/c1-24-5-4-19(31)25(2,15-30)18(24)13-17-22(28-23(36-17)27-21(33)14-34-3)16(24)12-20(32)26-6-7-29-8-10-35-11-9-29/h16,18-19,30-31H,4-15H2,1-3H3,(H,26,32)(H,27,28,33)/t16-,18+,19-,24+,25+/m1/s1. The van der Waals surface area contributed by atoms with E-state index in [0.717, 1.165) is 49.8 Å². The minimum absolute atomic E-state index is 0.0274. The molecule has 202 valence electrons. The maximum Gasteiger partial charge on any atom is 0.252 e. The third-order valence-corrected chi connectivity index (χ3v) is 9.67. The number of hydrogen-bond acceptors (Lipinski definition) is 9. The van der Waals surface area contributed by atoms with Crippen molar-refractivity contribution in [3.63, 3.8) is 0 Å². The van der Waals surface area contributed by atoms with Gasteiger partial charge in [-0.15, -0.1) is 11.3 Å². The molecule has 0 bridgehead atoms. The maximum absolute atomic E-state index is 13.2. The van der Waals surface area contributed by atoms with Crippen LogP contribution in [0.5, 0.6) is 0 Å². The number of rotatable bonds is 9. The molecule has 0 spiro atoms. The largest absolute Gasteiger partial charge is 0.396 e. The average molecular weight is 525 g/mol. The Kier molecular flexibility index (Phi) is 8.68. The lowest BCUT2D eigenvalue weighted by Crippen LogP contribution is -2.57. The monoisotopic (exact) mass is 524 g/mol. The molecule has 4 N–H and O–H groups in total. The van der Waals surface area contributed by atoms with Crippen LogP contribution in [0.15, 0.2) is 0 Å². The first-order valence-electron chi connectivity index (χ1n) is 12.9. The quantitative estimate of drug-likeness (QED) is 0.376. The summed E-state index contributed by atoms with van der Waals surface area (Å²) in [6, 6.07) is 0. The van der Waals surface area contributed by atoms with Crippen LogP contribution < -0.4 is 10.6 Å². The molecule has 2 amide bonds. The van der Waals surface area contributed by atoms with Crippen molar-refractivity contribution in [1.29, 1.82) is 0 Å². The number of nitrogens with one attached hydrogen (secondary N) is 2. The molecule has 0 radical (unpaired) electrons. The normalized spacial score (nSPS) is 32.4. The number of aromatic nitrogens is 1. The van der Waals surface area contributed by atoms with Gasteiger partial charge in [0, 0.05) is 55.9 Å². The van der Waals surface area contributed by atoms with E-state index in [0.29, 0.717) is 24.5 Å². The minimum atomic E-state index is -0.681. The molecule has 2 aliphatic carbocycles. The van der Waals surface area contributed by atoms with Crippen molar-refractivity contribution < 1.29 is 29.3 Å². The Morgan fingerprint density at radius 2 is 2.03 bits per heavy atom. The molecular weight excluding hydrogens is 484 g/mol. The van der Waals surface area contributed by atoms with E-state index in [1.54, 1.807) is 0 Å². The molecule has 1 aromatic heterocycles. The van der Waals surface area contributed by atoms with Crippen LogP contribution in [0.1, 0.15) is 49.6 Å². The van der Waals surface area contributed by atoms with Crippen LogP contribution >= 0.6 is 11.3 Å². The zero-order chi connectivity index (χ0) is 25.9. The van der Waals surface area contributed by atoms with Gasteiger partial charge in [-0.1, -0.05) is 13.8 Å². The Morgan fingerprint density at radius 1 is 1.28 bits per heavy atom. The highest BCUT2D eigenvalue weighted by Gasteiger charge is 2.59. The first-order chi connectivity index (χ1) is 17.2. The molecule has 10 nitrogen and oxygen atoms in total. The first-order valence-corrected chi connectivity index (χ1v) is 13.7. The molecule has 36 heavy (non-hydrogen) atoms. The van der Waals surface area contributed by atoms with Gasteiger partial charge in [0.05, 0.1) is 31.6 Å².